The highest BCUT2D eigenvalue weighted by Gasteiger charge is 2.30. The number of fused-ring (bicyclic) bond motifs is 1. The van der Waals surface area contributed by atoms with Crippen LogP contribution in [-0.2, 0) is 0 Å². The number of benzene rings is 2. The molecule has 0 saturated carbocycles. The molecule has 3 rings (SSSR count). The lowest BCUT2D eigenvalue weighted by molar-refractivity contribution is 0.1000. The van der Waals surface area contributed by atoms with Crippen molar-refractivity contribution in [2.24, 2.45) is 11.7 Å². The van der Waals surface area contributed by atoms with Crippen molar-refractivity contribution in [2.45, 2.75) is 38.5 Å². The molecular formula is C20H21Cl2NO. The molecule has 126 valence electrons. The lowest BCUT2D eigenvalue weighted by Crippen LogP contribution is -2.21. The summed E-state index contributed by atoms with van der Waals surface area (Å²) >= 11 is 12.3. The van der Waals surface area contributed by atoms with Gasteiger partial charge in [0.1, 0.15) is 0 Å². The monoisotopic (exact) mass is 361 g/mol. The first kappa shape index (κ1) is 17.3. The van der Waals surface area contributed by atoms with Gasteiger partial charge in [-0.1, -0.05) is 49.2 Å². The molecule has 0 spiro atoms. The van der Waals surface area contributed by atoms with Crippen LogP contribution in [0.5, 0.6) is 0 Å². The molecule has 1 aliphatic rings. The van der Waals surface area contributed by atoms with Gasteiger partial charge in [-0.3, -0.25) is 4.79 Å². The summed E-state index contributed by atoms with van der Waals surface area (Å²) in [5.74, 6) is 0.851. The average molecular weight is 362 g/mol. The van der Waals surface area contributed by atoms with Gasteiger partial charge in [-0.05, 0) is 65.6 Å². The standard InChI is InChI=1S/C20H21Cl2NO/c1-11(2)14-6-7-15(12-4-8-18(21)19(22)10-12)16-5-3-13(20(23)24)9-17(14)16/h3-5,8-11,14-15H,6-7H2,1-2H3,(H2,23,24). The molecule has 2 N–H and O–H groups in total. The summed E-state index contributed by atoms with van der Waals surface area (Å²) in [6.07, 6.45) is 2.14. The van der Waals surface area contributed by atoms with Gasteiger partial charge >= 0.3 is 0 Å². The summed E-state index contributed by atoms with van der Waals surface area (Å²) in [4.78, 5) is 11.6. The molecule has 1 amide bonds. The Morgan fingerprint density at radius 3 is 2.42 bits per heavy atom. The topological polar surface area (TPSA) is 43.1 Å². The van der Waals surface area contributed by atoms with Crippen molar-refractivity contribution in [3.63, 3.8) is 0 Å². The second kappa shape index (κ2) is 6.78. The van der Waals surface area contributed by atoms with Crippen LogP contribution in [0, 0.1) is 5.92 Å². The van der Waals surface area contributed by atoms with Gasteiger partial charge in [0.15, 0.2) is 0 Å². The SMILES string of the molecule is CC(C)C1CCC(c2ccc(Cl)c(Cl)c2)c2ccc(C(N)=O)cc21. The van der Waals surface area contributed by atoms with Gasteiger partial charge in [-0.15, -0.1) is 0 Å². The van der Waals surface area contributed by atoms with Gasteiger partial charge in [0.05, 0.1) is 10.0 Å². The lowest BCUT2D eigenvalue weighted by Gasteiger charge is -2.34. The van der Waals surface area contributed by atoms with Crippen LogP contribution in [-0.4, -0.2) is 5.91 Å². The van der Waals surface area contributed by atoms with Crippen molar-refractivity contribution in [1.29, 1.82) is 0 Å². The number of nitrogens with two attached hydrogens (primary N) is 1. The molecule has 2 nitrogen and oxygen atoms in total. The minimum atomic E-state index is -0.378. The minimum absolute atomic E-state index is 0.270. The number of primary amides is 1. The van der Waals surface area contributed by atoms with Crippen molar-refractivity contribution in [3.8, 4) is 0 Å². The number of hydrogen-bond donors (Lipinski definition) is 1. The van der Waals surface area contributed by atoms with Crippen LogP contribution >= 0.6 is 23.2 Å². The summed E-state index contributed by atoms with van der Waals surface area (Å²) in [5.41, 5.74) is 9.73. The van der Waals surface area contributed by atoms with Gasteiger partial charge in [0.25, 0.3) is 0 Å². The van der Waals surface area contributed by atoms with Crippen molar-refractivity contribution in [2.75, 3.05) is 0 Å². The Labute approximate surface area is 153 Å². The molecule has 0 fully saturated rings. The van der Waals surface area contributed by atoms with E-state index in [4.69, 9.17) is 28.9 Å². The third-order valence-electron chi connectivity index (χ3n) is 5.06. The van der Waals surface area contributed by atoms with Crippen LogP contribution in [0.2, 0.25) is 10.0 Å². The fourth-order valence-electron chi connectivity index (χ4n) is 3.79. The number of carbonyl (C=O) groups is 1. The predicted octanol–water partition coefficient (Wildman–Crippen LogP) is 5.76. The second-order valence-electron chi connectivity index (χ2n) is 6.86. The van der Waals surface area contributed by atoms with Gasteiger partial charge in [-0.2, -0.15) is 0 Å². The van der Waals surface area contributed by atoms with E-state index < -0.39 is 0 Å². The fourth-order valence-corrected chi connectivity index (χ4v) is 4.10. The number of carbonyl (C=O) groups excluding carboxylic acids is 1. The first-order valence-corrected chi connectivity index (χ1v) is 9.02. The molecule has 0 saturated heterocycles. The molecule has 4 heteroatoms. The Kier molecular flexibility index (Phi) is 4.89. The molecule has 0 heterocycles. The summed E-state index contributed by atoms with van der Waals surface area (Å²) < 4.78 is 0. The molecule has 1 aliphatic carbocycles. The lowest BCUT2D eigenvalue weighted by atomic mass is 9.70. The van der Waals surface area contributed by atoms with E-state index in [1.54, 1.807) is 0 Å². The minimum Gasteiger partial charge on any atom is -0.366 e. The van der Waals surface area contributed by atoms with E-state index in [9.17, 15) is 4.79 Å². The molecular weight excluding hydrogens is 341 g/mol. The second-order valence-corrected chi connectivity index (χ2v) is 7.68. The van der Waals surface area contributed by atoms with Crippen LogP contribution in [0.25, 0.3) is 0 Å². The van der Waals surface area contributed by atoms with E-state index >= 15 is 0 Å². The maximum Gasteiger partial charge on any atom is 0.248 e. The highest BCUT2D eigenvalue weighted by molar-refractivity contribution is 6.42. The molecule has 0 radical (unpaired) electrons. The summed E-state index contributed by atoms with van der Waals surface area (Å²) in [7, 11) is 0. The van der Waals surface area contributed by atoms with E-state index in [2.05, 4.69) is 19.9 Å². The molecule has 2 unspecified atom stereocenters. The Hall–Kier alpha value is -1.51. The summed E-state index contributed by atoms with van der Waals surface area (Å²) in [6.45, 7) is 4.45. The number of hydrogen-bond acceptors (Lipinski definition) is 1. The molecule has 0 bridgehead atoms. The van der Waals surface area contributed by atoms with Crippen molar-refractivity contribution in [3.05, 3.63) is 68.7 Å². The Balaban J connectivity index is 2.10. The van der Waals surface area contributed by atoms with Crippen molar-refractivity contribution in [1.82, 2.24) is 0 Å². The Morgan fingerprint density at radius 2 is 1.79 bits per heavy atom. The van der Waals surface area contributed by atoms with Crippen LogP contribution in [0.15, 0.2) is 36.4 Å². The molecule has 2 atom stereocenters. The van der Waals surface area contributed by atoms with E-state index in [0.717, 1.165) is 12.8 Å². The summed E-state index contributed by atoms with van der Waals surface area (Å²) in [6, 6.07) is 11.7. The largest absolute Gasteiger partial charge is 0.366 e. The third kappa shape index (κ3) is 3.18. The maximum atomic E-state index is 11.6. The van der Waals surface area contributed by atoms with E-state index in [1.807, 2.05) is 30.3 Å². The molecule has 2 aromatic carbocycles. The predicted molar refractivity (Wildman–Crippen MR) is 100 cm³/mol. The molecule has 0 aliphatic heterocycles. The quantitative estimate of drug-likeness (QED) is 0.741. The number of amides is 1. The van der Waals surface area contributed by atoms with Gasteiger partial charge < -0.3 is 5.73 Å². The maximum absolute atomic E-state index is 11.6. The average Bonchev–Trinajstić information content (AvgIpc) is 2.55. The van der Waals surface area contributed by atoms with Gasteiger partial charge in [0.2, 0.25) is 5.91 Å². The Morgan fingerprint density at radius 1 is 1.04 bits per heavy atom. The zero-order valence-electron chi connectivity index (χ0n) is 13.9. The van der Waals surface area contributed by atoms with Crippen molar-refractivity contribution < 1.29 is 4.79 Å². The molecule has 2 aromatic rings. The smallest absolute Gasteiger partial charge is 0.248 e. The zero-order chi connectivity index (χ0) is 17.4. The van der Waals surface area contributed by atoms with Gasteiger partial charge in [-0.25, -0.2) is 0 Å². The van der Waals surface area contributed by atoms with Crippen LogP contribution in [0.1, 0.15) is 65.6 Å². The van der Waals surface area contributed by atoms with Crippen molar-refractivity contribution >= 4 is 29.1 Å². The molecule has 0 aromatic heterocycles. The summed E-state index contributed by atoms with van der Waals surface area (Å²) in [5, 5.41) is 1.15. The first-order chi connectivity index (χ1) is 11.4. The Bertz CT molecular complexity index is 785. The van der Waals surface area contributed by atoms with Crippen LogP contribution in [0.3, 0.4) is 0 Å². The van der Waals surface area contributed by atoms with Crippen LogP contribution < -0.4 is 5.73 Å². The van der Waals surface area contributed by atoms with E-state index in [0.29, 0.717) is 27.4 Å². The highest BCUT2D eigenvalue weighted by atomic mass is 35.5. The number of rotatable bonds is 3. The normalized spacial score (nSPS) is 20.0. The zero-order valence-corrected chi connectivity index (χ0v) is 15.4. The van der Waals surface area contributed by atoms with Gasteiger partial charge in [0, 0.05) is 11.5 Å². The van der Waals surface area contributed by atoms with Crippen LogP contribution in [0.4, 0.5) is 0 Å². The van der Waals surface area contributed by atoms with E-state index in [1.165, 1.54) is 16.7 Å². The number of halogens is 2. The third-order valence-corrected chi connectivity index (χ3v) is 5.80. The molecule has 24 heavy (non-hydrogen) atoms. The fraction of sp³-hybridized carbons (Fsp3) is 0.350. The van der Waals surface area contributed by atoms with E-state index in [-0.39, 0.29) is 11.8 Å². The highest BCUT2D eigenvalue weighted by Crippen LogP contribution is 2.46. The first-order valence-electron chi connectivity index (χ1n) is 8.27.